The molecule has 0 spiro atoms. The molecule has 0 aliphatic carbocycles. The smallest absolute Gasteiger partial charge is 0.246 e. The van der Waals surface area contributed by atoms with Crippen molar-refractivity contribution in [2.24, 2.45) is 5.92 Å². The molecule has 0 aromatic heterocycles. The summed E-state index contributed by atoms with van der Waals surface area (Å²) in [6, 6.07) is 0. The lowest BCUT2D eigenvalue weighted by molar-refractivity contribution is -0.127. The molecule has 0 rings (SSSR count). The summed E-state index contributed by atoms with van der Waals surface area (Å²) in [7, 11) is 0. The van der Waals surface area contributed by atoms with Gasteiger partial charge in [-0.05, 0) is 13.8 Å². The summed E-state index contributed by atoms with van der Waals surface area (Å²) in [5, 5.41) is 5.46. The van der Waals surface area contributed by atoms with E-state index in [1.165, 1.54) is 0 Å². The molecule has 22 heavy (non-hydrogen) atoms. The summed E-state index contributed by atoms with van der Waals surface area (Å²) < 4.78 is 15.8. The number of ether oxygens (including phenoxy) is 3. The highest BCUT2D eigenvalue weighted by molar-refractivity contribution is 5.77. The number of carbonyl (C=O) groups is 2. The minimum atomic E-state index is -0.144. The van der Waals surface area contributed by atoms with E-state index in [1.807, 2.05) is 27.7 Å². The quantitative estimate of drug-likeness (QED) is 0.478. The normalized spacial score (nSPS) is 11.0. The van der Waals surface area contributed by atoms with Gasteiger partial charge in [-0.15, -0.1) is 0 Å². The molecule has 2 N–H and O–H groups in total. The molecule has 0 radical (unpaired) electrons. The predicted molar refractivity (Wildman–Crippen MR) is 83.6 cm³/mol. The molecule has 0 unspecified atom stereocenters. The number of hydrogen-bond donors (Lipinski definition) is 2. The second-order valence-electron chi connectivity index (χ2n) is 5.38. The van der Waals surface area contributed by atoms with Crippen molar-refractivity contribution in [1.82, 2.24) is 10.6 Å². The third-order valence-electron chi connectivity index (χ3n) is 2.56. The first-order valence-corrected chi connectivity index (χ1v) is 7.75. The molecular weight excluding hydrogens is 288 g/mol. The summed E-state index contributed by atoms with van der Waals surface area (Å²) in [5.74, 6) is -0.129. The summed E-state index contributed by atoms with van der Waals surface area (Å²) in [6.45, 7) is 10.3. The Morgan fingerprint density at radius 3 is 1.91 bits per heavy atom. The summed E-state index contributed by atoms with van der Waals surface area (Å²) in [4.78, 5) is 22.6. The number of rotatable bonds is 13. The molecular formula is C15H30N2O5. The zero-order valence-corrected chi connectivity index (χ0v) is 14.1. The number of hydrogen-bond acceptors (Lipinski definition) is 5. The van der Waals surface area contributed by atoms with Crippen molar-refractivity contribution < 1.29 is 23.8 Å². The fourth-order valence-electron chi connectivity index (χ4n) is 1.33. The van der Waals surface area contributed by atoms with Crippen LogP contribution in [0.1, 0.15) is 27.7 Å². The van der Waals surface area contributed by atoms with Crippen LogP contribution in [0.25, 0.3) is 0 Å². The van der Waals surface area contributed by atoms with E-state index in [9.17, 15) is 9.59 Å². The van der Waals surface area contributed by atoms with Crippen LogP contribution in [0, 0.1) is 5.92 Å². The molecule has 0 heterocycles. The Morgan fingerprint density at radius 2 is 1.41 bits per heavy atom. The van der Waals surface area contributed by atoms with Gasteiger partial charge in [-0.2, -0.15) is 0 Å². The van der Waals surface area contributed by atoms with Gasteiger partial charge in [0.1, 0.15) is 6.61 Å². The van der Waals surface area contributed by atoms with Crippen molar-refractivity contribution in [3.8, 4) is 0 Å². The summed E-state index contributed by atoms with van der Waals surface area (Å²) >= 11 is 0. The Hall–Kier alpha value is -1.18. The largest absolute Gasteiger partial charge is 0.377 e. The zero-order chi connectivity index (χ0) is 16.8. The summed E-state index contributed by atoms with van der Waals surface area (Å²) in [5.41, 5.74) is 0. The van der Waals surface area contributed by atoms with Crippen LogP contribution < -0.4 is 10.6 Å². The second kappa shape index (κ2) is 13.5. The van der Waals surface area contributed by atoms with Gasteiger partial charge in [0, 0.05) is 19.0 Å². The van der Waals surface area contributed by atoms with E-state index in [1.54, 1.807) is 0 Å². The summed E-state index contributed by atoms with van der Waals surface area (Å²) in [6.07, 6.45) is 0.0458. The van der Waals surface area contributed by atoms with E-state index < -0.39 is 0 Å². The molecule has 0 atom stereocenters. The Kier molecular flexibility index (Phi) is 12.8. The van der Waals surface area contributed by atoms with Crippen LogP contribution in [0.4, 0.5) is 0 Å². The third-order valence-corrected chi connectivity index (χ3v) is 2.56. The van der Waals surface area contributed by atoms with E-state index in [4.69, 9.17) is 14.2 Å². The van der Waals surface area contributed by atoms with Gasteiger partial charge in [0.25, 0.3) is 0 Å². The lowest BCUT2D eigenvalue weighted by Crippen LogP contribution is -2.32. The fourth-order valence-corrected chi connectivity index (χ4v) is 1.33. The fraction of sp³-hybridized carbons (Fsp3) is 0.867. The van der Waals surface area contributed by atoms with Crippen LogP contribution in [0.2, 0.25) is 0 Å². The molecule has 0 bridgehead atoms. The van der Waals surface area contributed by atoms with Crippen LogP contribution in [0.15, 0.2) is 0 Å². The Morgan fingerprint density at radius 1 is 0.864 bits per heavy atom. The maximum atomic E-state index is 11.3. The molecule has 0 saturated heterocycles. The molecule has 7 nitrogen and oxygen atoms in total. The molecule has 0 aromatic rings. The van der Waals surface area contributed by atoms with Crippen molar-refractivity contribution in [2.45, 2.75) is 33.8 Å². The standard InChI is InChI=1S/C15H30N2O5/c1-12(2)15(19)17-6-8-21-10-9-20-7-5-16-14(18)11-22-13(3)4/h12-13H,5-11H2,1-4H3,(H,16,18)(H,17,19). The molecule has 7 heteroatoms. The molecule has 0 aliphatic heterocycles. The topological polar surface area (TPSA) is 85.9 Å². The van der Waals surface area contributed by atoms with E-state index in [-0.39, 0.29) is 30.4 Å². The van der Waals surface area contributed by atoms with Crippen molar-refractivity contribution in [3.05, 3.63) is 0 Å². The zero-order valence-electron chi connectivity index (χ0n) is 14.1. The lowest BCUT2D eigenvalue weighted by atomic mass is 10.2. The Balaban J connectivity index is 3.24. The van der Waals surface area contributed by atoms with Gasteiger partial charge in [0.05, 0.1) is 32.5 Å². The Bertz CT molecular complexity index is 308. The van der Waals surface area contributed by atoms with Gasteiger partial charge in [-0.3, -0.25) is 9.59 Å². The van der Waals surface area contributed by atoms with Crippen LogP contribution in [0.3, 0.4) is 0 Å². The van der Waals surface area contributed by atoms with E-state index in [0.717, 1.165) is 0 Å². The monoisotopic (exact) mass is 318 g/mol. The first kappa shape index (κ1) is 20.8. The minimum Gasteiger partial charge on any atom is -0.377 e. The van der Waals surface area contributed by atoms with Crippen LogP contribution in [-0.4, -0.2) is 64.0 Å². The second-order valence-corrected chi connectivity index (χ2v) is 5.38. The maximum Gasteiger partial charge on any atom is 0.246 e. The average Bonchev–Trinajstić information content (AvgIpc) is 2.46. The first-order chi connectivity index (χ1) is 10.4. The molecule has 2 amide bonds. The van der Waals surface area contributed by atoms with Crippen molar-refractivity contribution >= 4 is 11.8 Å². The van der Waals surface area contributed by atoms with Crippen molar-refractivity contribution in [3.63, 3.8) is 0 Å². The van der Waals surface area contributed by atoms with Crippen LogP contribution in [-0.2, 0) is 23.8 Å². The SMILES string of the molecule is CC(C)OCC(=O)NCCOCCOCCNC(=O)C(C)C. The minimum absolute atomic E-state index is 0.00974. The molecule has 0 aromatic carbocycles. The van der Waals surface area contributed by atoms with Crippen molar-refractivity contribution in [2.75, 3.05) is 46.1 Å². The van der Waals surface area contributed by atoms with E-state index >= 15 is 0 Å². The highest BCUT2D eigenvalue weighted by Gasteiger charge is 2.04. The average molecular weight is 318 g/mol. The number of amides is 2. The van der Waals surface area contributed by atoms with Gasteiger partial charge < -0.3 is 24.8 Å². The van der Waals surface area contributed by atoms with E-state index in [2.05, 4.69) is 10.6 Å². The van der Waals surface area contributed by atoms with Gasteiger partial charge >= 0.3 is 0 Å². The van der Waals surface area contributed by atoms with Crippen LogP contribution >= 0.6 is 0 Å². The van der Waals surface area contributed by atoms with E-state index in [0.29, 0.717) is 39.5 Å². The number of carbonyl (C=O) groups excluding carboxylic acids is 2. The number of nitrogens with one attached hydrogen (secondary N) is 2. The third kappa shape index (κ3) is 13.8. The van der Waals surface area contributed by atoms with Crippen LogP contribution in [0.5, 0.6) is 0 Å². The van der Waals surface area contributed by atoms with Gasteiger partial charge in [0.2, 0.25) is 11.8 Å². The molecule has 130 valence electrons. The molecule has 0 saturated carbocycles. The highest BCUT2D eigenvalue weighted by Crippen LogP contribution is 1.89. The highest BCUT2D eigenvalue weighted by atomic mass is 16.5. The first-order valence-electron chi connectivity index (χ1n) is 7.75. The van der Waals surface area contributed by atoms with Gasteiger partial charge in [0.15, 0.2) is 0 Å². The predicted octanol–water partition coefficient (Wildman–Crippen LogP) is 0.333. The van der Waals surface area contributed by atoms with Gasteiger partial charge in [-0.1, -0.05) is 13.8 Å². The lowest BCUT2D eigenvalue weighted by Gasteiger charge is -2.10. The molecule has 0 aliphatic rings. The van der Waals surface area contributed by atoms with Gasteiger partial charge in [-0.25, -0.2) is 0 Å². The molecule has 0 fully saturated rings. The van der Waals surface area contributed by atoms with Crippen molar-refractivity contribution in [1.29, 1.82) is 0 Å². The maximum absolute atomic E-state index is 11.3. The Labute approximate surface area is 133 Å².